The summed E-state index contributed by atoms with van der Waals surface area (Å²) in [6, 6.07) is 10.5. The molecule has 10 heteroatoms. The molecule has 190 valence electrons. The highest BCUT2D eigenvalue weighted by molar-refractivity contribution is 8.00. The number of nitrogens with zero attached hydrogens (tertiary/aromatic N) is 3. The lowest BCUT2D eigenvalue weighted by molar-refractivity contribution is 0.470. The second-order valence-corrected chi connectivity index (χ2v) is 9.96. The van der Waals surface area contributed by atoms with Gasteiger partial charge >= 0.3 is 0 Å². The number of fused-ring (bicyclic) bond motifs is 1. The van der Waals surface area contributed by atoms with Crippen LogP contribution in [0.3, 0.4) is 0 Å². The van der Waals surface area contributed by atoms with Crippen LogP contribution in [-0.4, -0.2) is 30.5 Å². The number of benzene rings is 2. The van der Waals surface area contributed by atoms with Gasteiger partial charge in [-0.3, -0.25) is 9.89 Å². The first-order valence-corrected chi connectivity index (χ1v) is 12.8. The van der Waals surface area contributed by atoms with Crippen molar-refractivity contribution < 1.29 is 9.13 Å². The summed E-state index contributed by atoms with van der Waals surface area (Å²) in [7, 11) is 0. The first-order chi connectivity index (χ1) is 17.7. The number of rotatable bonds is 7. The van der Waals surface area contributed by atoms with E-state index in [1.165, 1.54) is 12.1 Å². The van der Waals surface area contributed by atoms with Gasteiger partial charge in [0.1, 0.15) is 22.9 Å². The fourth-order valence-corrected chi connectivity index (χ4v) is 4.73. The van der Waals surface area contributed by atoms with E-state index in [1.807, 2.05) is 49.6 Å². The predicted octanol–water partition coefficient (Wildman–Crippen LogP) is 6.35. The fraction of sp³-hybridized carbons (Fsp3) is 0.222. The normalized spacial score (nSPS) is 11.3. The molecule has 0 aliphatic rings. The van der Waals surface area contributed by atoms with Crippen LogP contribution in [-0.2, 0) is 0 Å². The molecule has 0 unspecified atom stereocenters. The number of H-pyrrole nitrogens is 2. The Kier molecular flexibility index (Phi) is 6.51. The molecule has 0 aliphatic heterocycles. The molecule has 0 amide bonds. The molecule has 3 aromatic heterocycles. The number of hydrogen-bond acceptors (Lipinski definition) is 6. The Morgan fingerprint density at radius 2 is 1.84 bits per heavy atom. The van der Waals surface area contributed by atoms with Crippen LogP contribution in [0.25, 0.3) is 28.2 Å². The monoisotopic (exact) mass is 518 g/mol. The Morgan fingerprint density at radius 1 is 1.08 bits per heavy atom. The van der Waals surface area contributed by atoms with E-state index in [9.17, 15) is 9.18 Å². The van der Waals surface area contributed by atoms with Crippen LogP contribution in [0.4, 0.5) is 10.1 Å². The molecule has 37 heavy (non-hydrogen) atoms. The molecule has 0 spiro atoms. The quantitative estimate of drug-likeness (QED) is 0.217. The summed E-state index contributed by atoms with van der Waals surface area (Å²) in [6.07, 6.45) is 1.80. The van der Waals surface area contributed by atoms with E-state index >= 15 is 0 Å². The topological polar surface area (TPSA) is 101 Å². The van der Waals surface area contributed by atoms with Crippen molar-refractivity contribution >= 4 is 28.7 Å². The fourth-order valence-electron chi connectivity index (χ4n) is 4.29. The third-order valence-electron chi connectivity index (χ3n) is 5.99. The van der Waals surface area contributed by atoms with Crippen LogP contribution in [0.5, 0.6) is 11.5 Å². The minimum Gasteiger partial charge on any atom is -0.455 e. The SMILES string of the molecule is CCSNc1ccc(Oc2c(C)cc(F)cc2C)c(-n2cc(C)c(=O)c3[nH]c(-c4n[nH]c(C)n4)cc32)c1. The molecule has 5 rings (SSSR count). The Labute approximate surface area is 217 Å². The Hall–Kier alpha value is -4.05. The minimum absolute atomic E-state index is 0.103. The number of aromatic nitrogens is 5. The maximum atomic E-state index is 13.9. The van der Waals surface area contributed by atoms with Crippen LogP contribution in [0, 0.1) is 33.5 Å². The molecule has 0 fully saturated rings. The van der Waals surface area contributed by atoms with Crippen molar-refractivity contribution in [1.29, 1.82) is 0 Å². The zero-order valence-electron chi connectivity index (χ0n) is 21.2. The summed E-state index contributed by atoms with van der Waals surface area (Å²) in [5.41, 5.74) is 5.17. The van der Waals surface area contributed by atoms with Gasteiger partial charge in [-0.25, -0.2) is 9.37 Å². The van der Waals surface area contributed by atoms with Crippen molar-refractivity contribution in [3.8, 4) is 28.7 Å². The average molecular weight is 519 g/mol. The van der Waals surface area contributed by atoms with E-state index in [1.54, 1.807) is 25.1 Å². The molecule has 0 saturated heterocycles. The van der Waals surface area contributed by atoms with Crippen molar-refractivity contribution in [2.45, 2.75) is 34.6 Å². The summed E-state index contributed by atoms with van der Waals surface area (Å²) in [4.78, 5) is 20.7. The minimum atomic E-state index is -0.307. The van der Waals surface area contributed by atoms with Gasteiger partial charge in [0.15, 0.2) is 11.6 Å². The largest absolute Gasteiger partial charge is 0.455 e. The molecule has 3 heterocycles. The lowest BCUT2D eigenvalue weighted by Crippen LogP contribution is -2.11. The van der Waals surface area contributed by atoms with Crippen molar-refractivity contribution in [1.82, 2.24) is 24.7 Å². The second-order valence-electron chi connectivity index (χ2n) is 8.89. The van der Waals surface area contributed by atoms with Gasteiger partial charge in [0, 0.05) is 23.2 Å². The van der Waals surface area contributed by atoms with Crippen LogP contribution in [0.2, 0.25) is 0 Å². The summed E-state index contributed by atoms with van der Waals surface area (Å²) in [5, 5.41) is 7.08. The molecular weight excluding hydrogens is 491 g/mol. The van der Waals surface area contributed by atoms with Gasteiger partial charge in [-0.2, -0.15) is 5.10 Å². The summed E-state index contributed by atoms with van der Waals surface area (Å²) in [5.74, 6) is 2.88. The first-order valence-electron chi connectivity index (χ1n) is 11.9. The van der Waals surface area contributed by atoms with Gasteiger partial charge in [0.25, 0.3) is 0 Å². The van der Waals surface area contributed by atoms with E-state index in [-0.39, 0.29) is 11.2 Å². The number of hydrogen-bond donors (Lipinski definition) is 3. The highest BCUT2D eigenvalue weighted by Gasteiger charge is 2.19. The number of nitrogens with one attached hydrogen (secondary N) is 3. The van der Waals surface area contributed by atoms with E-state index < -0.39 is 0 Å². The molecule has 0 aliphatic carbocycles. The Morgan fingerprint density at radius 3 is 2.51 bits per heavy atom. The van der Waals surface area contributed by atoms with E-state index in [2.05, 4.69) is 31.8 Å². The third kappa shape index (κ3) is 4.72. The summed E-state index contributed by atoms with van der Waals surface area (Å²) < 4.78 is 25.6. The first kappa shape index (κ1) is 24.6. The van der Waals surface area contributed by atoms with Gasteiger partial charge in [0.2, 0.25) is 5.43 Å². The number of ether oxygens (including phenoxy) is 1. The highest BCUT2D eigenvalue weighted by atomic mass is 32.2. The molecule has 0 atom stereocenters. The van der Waals surface area contributed by atoms with Gasteiger partial charge < -0.3 is 19.0 Å². The van der Waals surface area contributed by atoms with Crippen LogP contribution >= 0.6 is 11.9 Å². The third-order valence-corrected chi connectivity index (χ3v) is 6.66. The number of aromatic amines is 2. The van der Waals surface area contributed by atoms with Crippen molar-refractivity contribution in [2.75, 3.05) is 10.5 Å². The predicted molar refractivity (Wildman–Crippen MR) is 146 cm³/mol. The molecule has 3 N–H and O–H groups in total. The average Bonchev–Trinajstić information content (AvgIpc) is 3.49. The maximum Gasteiger partial charge on any atom is 0.208 e. The smallest absolute Gasteiger partial charge is 0.208 e. The number of anilines is 1. The lowest BCUT2D eigenvalue weighted by atomic mass is 10.1. The number of aryl methyl sites for hydroxylation is 4. The van der Waals surface area contributed by atoms with Gasteiger partial charge in [0.05, 0.1) is 16.9 Å². The molecule has 0 radical (unpaired) electrons. The van der Waals surface area contributed by atoms with E-state index in [0.29, 0.717) is 56.6 Å². The highest BCUT2D eigenvalue weighted by Crippen LogP contribution is 2.36. The molecule has 2 aromatic carbocycles. The molecular formula is C27H27FN6O2S. The maximum absolute atomic E-state index is 13.9. The second kappa shape index (κ2) is 9.78. The van der Waals surface area contributed by atoms with Crippen LogP contribution < -0.4 is 14.9 Å². The van der Waals surface area contributed by atoms with Crippen molar-refractivity contribution in [3.05, 3.63) is 81.2 Å². The van der Waals surface area contributed by atoms with Crippen LogP contribution in [0.1, 0.15) is 29.4 Å². The molecule has 0 saturated carbocycles. The molecule has 8 nitrogen and oxygen atoms in total. The van der Waals surface area contributed by atoms with Gasteiger partial charge in [-0.05, 0) is 75.2 Å². The standard InChI is InChI=1S/C27H27FN6O2S/c1-6-37-33-19-7-8-23(36-26-14(2)9-18(28)10-15(26)3)21(11-19)34-13-16(4)25(35)24-22(34)12-20(30-24)27-29-17(5)31-32-27/h7-13,30,33H,6H2,1-5H3,(H,29,31,32). The van der Waals surface area contributed by atoms with Gasteiger partial charge in [-0.1, -0.05) is 18.9 Å². The Balaban J connectivity index is 1.73. The van der Waals surface area contributed by atoms with Crippen molar-refractivity contribution in [3.63, 3.8) is 0 Å². The van der Waals surface area contributed by atoms with Gasteiger partial charge in [-0.15, -0.1) is 0 Å². The molecule has 5 aromatic rings. The summed E-state index contributed by atoms with van der Waals surface area (Å²) in [6.45, 7) is 9.30. The molecule has 0 bridgehead atoms. The van der Waals surface area contributed by atoms with Crippen LogP contribution in [0.15, 0.2) is 47.4 Å². The van der Waals surface area contributed by atoms with Crippen molar-refractivity contribution in [2.24, 2.45) is 0 Å². The van der Waals surface area contributed by atoms with E-state index in [0.717, 1.165) is 17.1 Å². The lowest BCUT2D eigenvalue weighted by Gasteiger charge is -2.19. The zero-order chi connectivity index (χ0) is 26.3. The number of pyridine rings is 1. The van der Waals surface area contributed by atoms with E-state index in [4.69, 9.17) is 4.74 Å². The zero-order valence-corrected chi connectivity index (χ0v) is 22.0. The summed E-state index contributed by atoms with van der Waals surface area (Å²) >= 11 is 1.58. The Bertz CT molecular complexity index is 1660. The number of halogens is 1.